The first-order valence-electron chi connectivity index (χ1n) is 6.61. The summed E-state index contributed by atoms with van der Waals surface area (Å²) in [7, 11) is 0.582. The molecule has 9 heteroatoms. The molecule has 0 radical (unpaired) electrons. The van der Waals surface area contributed by atoms with Crippen molar-refractivity contribution < 1.29 is 34.5 Å². The van der Waals surface area contributed by atoms with Crippen molar-refractivity contribution in [2.75, 3.05) is 0 Å². The molecule has 1 aromatic carbocycles. The number of sulfonamides is 1. The molecule has 0 aromatic heterocycles. The Morgan fingerprint density at radius 1 is 1.22 bits per heavy atom. The molecule has 0 heterocycles. The van der Waals surface area contributed by atoms with E-state index in [1.165, 1.54) is 6.07 Å². The van der Waals surface area contributed by atoms with Crippen molar-refractivity contribution in [2.45, 2.75) is 43.5 Å². The van der Waals surface area contributed by atoms with E-state index in [4.69, 9.17) is 5.73 Å². The molecular weight excluding hydrogens is 435 g/mol. The summed E-state index contributed by atoms with van der Waals surface area (Å²) < 4.78 is 54.5. The van der Waals surface area contributed by atoms with Gasteiger partial charge in [-0.1, -0.05) is 31.7 Å². The number of rotatable bonds is 4. The third kappa shape index (κ3) is 7.10. The molecule has 4 nitrogen and oxygen atoms in total. The van der Waals surface area contributed by atoms with Crippen molar-refractivity contribution in [3.63, 3.8) is 0 Å². The van der Waals surface area contributed by atoms with Crippen LogP contribution in [0, 0.1) is 19.1 Å². The molecule has 1 aliphatic carbocycles. The molecule has 1 aromatic rings. The molecule has 1 aliphatic rings. The molecule has 0 spiro atoms. The molecule has 0 aliphatic heterocycles. The van der Waals surface area contributed by atoms with E-state index >= 15 is 0 Å². The molecule has 0 amide bonds. The Hall–Kier alpha value is -0.137. The molecule has 2 unspecified atom stereocenters. The van der Waals surface area contributed by atoms with Gasteiger partial charge in [-0.25, -0.2) is 17.2 Å². The van der Waals surface area contributed by atoms with E-state index < -0.39 is 45.1 Å². The van der Waals surface area contributed by atoms with Gasteiger partial charge in [-0.2, -0.15) is 6.04 Å². The van der Waals surface area contributed by atoms with Crippen LogP contribution in [0.1, 0.15) is 31.2 Å². The van der Waals surface area contributed by atoms with E-state index in [-0.39, 0.29) is 7.43 Å². The molecule has 1 N–H and O–H groups in total. The van der Waals surface area contributed by atoms with Crippen LogP contribution in [0.3, 0.4) is 0 Å². The van der Waals surface area contributed by atoms with E-state index in [0.717, 1.165) is 25.0 Å². The van der Waals surface area contributed by atoms with Crippen LogP contribution < -0.4 is 0 Å². The van der Waals surface area contributed by atoms with E-state index in [2.05, 4.69) is 14.4 Å². The van der Waals surface area contributed by atoms with Crippen molar-refractivity contribution in [1.29, 1.82) is 0 Å². The third-order valence-electron chi connectivity index (χ3n) is 3.41. The molecule has 1 saturated carbocycles. The third-order valence-corrected chi connectivity index (χ3v) is 4.66. The zero-order chi connectivity index (χ0) is 16.8. The van der Waals surface area contributed by atoms with E-state index in [1.54, 1.807) is 0 Å². The predicted octanol–water partition coefficient (Wildman–Crippen LogP) is 4.67. The van der Waals surface area contributed by atoms with Crippen LogP contribution in [0.5, 0.6) is 0 Å². The molecule has 2 rings (SSSR count). The zero-order valence-corrected chi connectivity index (χ0v) is 15.9. The maximum absolute atomic E-state index is 13.5. The van der Waals surface area contributed by atoms with E-state index in [9.17, 15) is 17.2 Å². The number of hydrogen-bond donors (Lipinski definition) is 0. The van der Waals surface area contributed by atoms with Gasteiger partial charge in [-0.3, -0.25) is 0 Å². The summed E-state index contributed by atoms with van der Waals surface area (Å²) in [5, 5.41) is 0. The summed E-state index contributed by atoms with van der Waals surface area (Å²) in [4.78, 5) is 0. The van der Waals surface area contributed by atoms with E-state index in [1.807, 2.05) is 17.3 Å². The van der Waals surface area contributed by atoms with Crippen molar-refractivity contribution in [2.24, 2.45) is 0 Å². The van der Waals surface area contributed by atoms with Gasteiger partial charge in [-0.05, 0) is 12.1 Å². The van der Waals surface area contributed by atoms with Crippen LogP contribution in [0.4, 0.5) is 8.78 Å². The average Bonchev–Trinajstić information content (AvgIpc) is 2.48. The number of benzene rings is 1. The van der Waals surface area contributed by atoms with Gasteiger partial charge in [0.15, 0.2) is 0 Å². The first-order chi connectivity index (χ1) is 10.4. The summed E-state index contributed by atoms with van der Waals surface area (Å²) in [6.07, 6.45) is 2.86. The fourth-order valence-electron chi connectivity index (χ4n) is 2.33. The zero-order valence-electron chi connectivity index (χ0n) is 12.6. The SMILES string of the molecule is [CH3-].[Cl][Ru+3].[NH-]C1CCCCC1[N-]S(=O)(=O)Cc1c(F)cccc1F. The van der Waals surface area contributed by atoms with Crippen molar-refractivity contribution in [1.82, 2.24) is 0 Å². The van der Waals surface area contributed by atoms with Crippen LogP contribution in [0.15, 0.2) is 18.2 Å². The van der Waals surface area contributed by atoms with Crippen LogP contribution in [-0.2, 0) is 33.1 Å². The van der Waals surface area contributed by atoms with Crippen LogP contribution in [0.2, 0.25) is 0 Å². The second-order valence-corrected chi connectivity index (χ2v) is 6.65. The maximum Gasteiger partial charge on any atom is 0.130 e. The van der Waals surface area contributed by atoms with Crippen molar-refractivity contribution >= 4 is 19.7 Å². The Balaban J connectivity index is 0.00000155. The van der Waals surface area contributed by atoms with Gasteiger partial charge in [0, 0.05) is 5.56 Å². The van der Waals surface area contributed by atoms with Crippen molar-refractivity contribution in [3.8, 4) is 0 Å². The fraction of sp³-hybridized carbons (Fsp3) is 0.500. The largest absolute Gasteiger partial charge is 0.676 e. The average molecular weight is 454 g/mol. The predicted molar refractivity (Wildman–Crippen MR) is 85.0 cm³/mol. The minimum absolute atomic E-state index is 0. The Kier molecular flexibility index (Phi) is 10.6. The second-order valence-electron chi connectivity index (χ2n) is 4.99. The fourth-order valence-corrected chi connectivity index (χ4v) is 3.71. The first-order valence-corrected chi connectivity index (χ1v) is 10.5. The van der Waals surface area contributed by atoms with Gasteiger partial charge in [0.05, 0.1) is 15.8 Å². The summed E-state index contributed by atoms with van der Waals surface area (Å²) in [6.45, 7) is 0. The quantitative estimate of drug-likeness (QED) is 0.491. The van der Waals surface area contributed by atoms with Gasteiger partial charge in [0.2, 0.25) is 0 Å². The number of hydrogen-bond acceptors (Lipinski definition) is 2. The molecule has 23 heavy (non-hydrogen) atoms. The minimum Gasteiger partial charge on any atom is -0.676 e. The molecule has 0 saturated heterocycles. The molecule has 0 bridgehead atoms. The Morgan fingerprint density at radius 2 is 1.74 bits per heavy atom. The monoisotopic (exact) mass is 454 g/mol. The van der Waals surface area contributed by atoms with Gasteiger partial charge in [-0.15, -0.1) is 6.04 Å². The number of halogens is 3. The van der Waals surface area contributed by atoms with Gasteiger partial charge >= 0.3 is 27.0 Å². The van der Waals surface area contributed by atoms with Gasteiger partial charge in [0.25, 0.3) is 0 Å². The smallest absolute Gasteiger partial charge is 0.130 e. The van der Waals surface area contributed by atoms with Crippen molar-refractivity contribution in [3.05, 3.63) is 53.3 Å². The maximum atomic E-state index is 13.5. The van der Waals surface area contributed by atoms with Gasteiger partial charge < -0.3 is 17.9 Å². The molecule has 2 atom stereocenters. The Labute approximate surface area is 150 Å². The van der Waals surface area contributed by atoms with Crippen LogP contribution in [0.25, 0.3) is 10.5 Å². The Bertz CT molecular complexity index is 570. The number of nitrogens with one attached hydrogen (secondary N) is 1. The summed E-state index contributed by atoms with van der Waals surface area (Å²) in [5.41, 5.74) is 7.28. The Morgan fingerprint density at radius 3 is 2.26 bits per heavy atom. The summed E-state index contributed by atoms with van der Waals surface area (Å²) >= 11 is 1.82. The minimum atomic E-state index is -3.99. The summed E-state index contributed by atoms with van der Waals surface area (Å²) in [5.74, 6) is -2.58. The first kappa shape index (κ1) is 22.9. The normalized spacial score (nSPS) is 20.9. The van der Waals surface area contributed by atoms with Crippen LogP contribution >= 0.6 is 9.69 Å². The summed E-state index contributed by atoms with van der Waals surface area (Å²) in [6, 6.07) is 2.07. The van der Waals surface area contributed by atoms with Gasteiger partial charge in [0.1, 0.15) is 11.6 Å². The van der Waals surface area contributed by atoms with E-state index in [0.29, 0.717) is 12.8 Å². The molecule has 132 valence electrons. The topological polar surface area (TPSA) is 72.0 Å². The number of nitrogens with zero attached hydrogens (tertiary/aromatic N) is 1. The standard InChI is InChI=1S/C13H16F2N2O2S.CH3.ClH.Ru/c14-10-4-3-5-11(15)9(10)8-20(18,19)17-13-7-2-1-6-12(13)16;;;/h3-5,12-13,16H,1-2,6-8H2;1H3;1H;/q-2;-1;;+4/p-1. The second kappa shape index (κ2) is 10.7. The molecular formula is C14H19ClF2N2O2RuS. The molecule has 1 fully saturated rings. The van der Waals surface area contributed by atoms with Crippen LogP contribution in [-0.4, -0.2) is 20.5 Å².